The molecule has 1 aromatic heterocycles. The molecule has 19 heavy (non-hydrogen) atoms. The zero-order chi connectivity index (χ0) is 14.1. The maximum atomic E-state index is 10.9. The number of hydrogen-bond donors (Lipinski definition) is 1. The standard InChI is InChI=1S/C12H18Cl3N3O/c1-10(13,14)3-2-4-12(19,11(15)5-6-11)7-18-9-16-8-17-18/h8-9,19H,2-7H2,1H3/t12-/m0/s1. The van der Waals surface area contributed by atoms with Crippen LogP contribution in [0.5, 0.6) is 0 Å². The Bertz CT molecular complexity index is 414. The van der Waals surface area contributed by atoms with Crippen molar-refractivity contribution in [3.05, 3.63) is 12.7 Å². The van der Waals surface area contributed by atoms with Crippen LogP contribution in [0.2, 0.25) is 0 Å². The molecule has 2 rings (SSSR count). The van der Waals surface area contributed by atoms with Crippen LogP contribution in [-0.4, -0.2) is 34.7 Å². The predicted molar refractivity (Wildman–Crippen MR) is 76.8 cm³/mol. The fraction of sp³-hybridized carbons (Fsp3) is 0.833. The number of hydrogen-bond acceptors (Lipinski definition) is 3. The van der Waals surface area contributed by atoms with Crippen molar-refractivity contribution in [3.8, 4) is 0 Å². The van der Waals surface area contributed by atoms with Gasteiger partial charge in [0.05, 0.1) is 11.4 Å². The van der Waals surface area contributed by atoms with Crippen LogP contribution in [0.3, 0.4) is 0 Å². The van der Waals surface area contributed by atoms with Gasteiger partial charge in [-0.2, -0.15) is 5.10 Å². The summed E-state index contributed by atoms with van der Waals surface area (Å²) in [5, 5.41) is 14.9. The Morgan fingerprint density at radius 1 is 1.37 bits per heavy atom. The number of rotatable bonds is 7. The van der Waals surface area contributed by atoms with Gasteiger partial charge in [-0.1, -0.05) is 0 Å². The van der Waals surface area contributed by atoms with E-state index in [1.807, 2.05) is 0 Å². The van der Waals surface area contributed by atoms with Crippen LogP contribution in [-0.2, 0) is 6.54 Å². The van der Waals surface area contributed by atoms with Crippen LogP contribution in [0.4, 0.5) is 0 Å². The number of alkyl halides is 3. The van der Waals surface area contributed by atoms with E-state index in [9.17, 15) is 5.11 Å². The molecule has 1 aliphatic carbocycles. The number of aromatic nitrogens is 3. The van der Waals surface area contributed by atoms with Crippen molar-refractivity contribution in [1.29, 1.82) is 0 Å². The lowest BCUT2D eigenvalue weighted by Gasteiger charge is -2.33. The molecule has 1 N–H and O–H groups in total. The highest BCUT2D eigenvalue weighted by Gasteiger charge is 2.57. The monoisotopic (exact) mass is 325 g/mol. The molecule has 1 aliphatic rings. The maximum Gasteiger partial charge on any atom is 0.137 e. The largest absolute Gasteiger partial charge is 0.386 e. The van der Waals surface area contributed by atoms with Gasteiger partial charge in [0.15, 0.2) is 0 Å². The highest BCUT2D eigenvalue weighted by atomic mass is 35.5. The molecule has 0 unspecified atom stereocenters. The zero-order valence-corrected chi connectivity index (χ0v) is 13.1. The molecule has 0 bridgehead atoms. The Hall–Kier alpha value is -0.0300. The van der Waals surface area contributed by atoms with E-state index in [0.717, 1.165) is 12.8 Å². The first-order valence-electron chi connectivity index (χ1n) is 6.36. The Labute approximate surface area is 128 Å². The van der Waals surface area contributed by atoms with Gasteiger partial charge in [0, 0.05) is 0 Å². The van der Waals surface area contributed by atoms with Gasteiger partial charge in [-0.15, -0.1) is 34.8 Å². The maximum absolute atomic E-state index is 10.9. The average Bonchev–Trinajstić information content (AvgIpc) is 2.85. The summed E-state index contributed by atoms with van der Waals surface area (Å²) in [6.07, 6.45) is 6.54. The van der Waals surface area contributed by atoms with Gasteiger partial charge in [0.1, 0.15) is 22.6 Å². The molecule has 1 atom stereocenters. The Morgan fingerprint density at radius 3 is 2.53 bits per heavy atom. The highest BCUT2D eigenvalue weighted by Crippen LogP contribution is 2.53. The lowest BCUT2D eigenvalue weighted by Crippen LogP contribution is -2.45. The summed E-state index contributed by atoms with van der Waals surface area (Å²) >= 11 is 18.4. The van der Waals surface area contributed by atoms with Gasteiger partial charge in [0.2, 0.25) is 0 Å². The summed E-state index contributed by atoms with van der Waals surface area (Å²) < 4.78 is 0.847. The number of nitrogens with zero attached hydrogens (tertiary/aromatic N) is 3. The molecule has 1 fully saturated rings. The third kappa shape index (κ3) is 3.97. The van der Waals surface area contributed by atoms with Gasteiger partial charge in [0.25, 0.3) is 0 Å². The summed E-state index contributed by atoms with van der Waals surface area (Å²) in [6.45, 7) is 2.10. The topological polar surface area (TPSA) is 50.9 Å². The molecule has 7 heteroatoms. The molecule has 1 aromatic rings. The first-order valence-corrected chi connectivity index (χ1v) is 7.49. The number of aliphatic hydroxyl groups is 1. The second-order valence-corrected chi connectivity index (χ2v) is 8.10. The summed E-state index contributed by atoms with van der Waals surface area (Å²) in [7, 11) is 0. The van der Waals surface area contributed by atoms with E-state index in [1.54, 1.807) is 17.9 Å². The lowest BCUT2D eigenvalue weighted by molar-refractivity contribution is -0.00299. The smallest absolute Gasteiger partial charge is 0.137 e. The van der Waals surface area contributed by atoms with Crippen LogP contribution in [0, 0.1) is 0 Å². The minimum atomic E-state index is -0.999. The first-order chi connectivity index (χ1) is 8.74. The quantitative estimate of drug-likeness (QED) is 0.783. The summed E-state index contributed by atoms with van der Waals surface area (Å²) in [5.41, 5.74) is -0.999. The van der Waals surface area contributed by atoms with E-state index < -0.39 is 14.8 Å². The van der Waals surface area contributed by atoms with Crippen LogP contribution in [0.1, 0.15) is 39.0 Å². The number of halogens is 3. The average molecular weight is 327 g/mol. The second kappa shape index (κ2) is 5.40. The van der Waals surface area contributed by atoms with Crippen molar-refractivity contribution in [2.45, 2.75) is 60.4 Å². The third-order valence-corrected chi connectivity index (χ3v) is 4.73. The van der Waals surface area contributed by atoms with E-state index in [0.29, 0.717) is 25.8 Å². The highest BCUT2D eigenvalue weighted by molar-refractivity contribution is 6.48. The van der Waals surface area contributed by atoms with Gasteiger partial charge in [-0.05, 0) is 39.0 Å². The fourth-order valence-electron chi connectivity index (χ4n) is 2.29. The second-order valence-electron chi connectivity index (χ2n) is 5.51. The van der Waals surface area contributed by atoms with Gasteiger partial charge >= 0.3 is 0 Å². The minimum Gasteiger partial charge on any atom is -0.386 e. The molecule has 0 amide bonds. The molecule has 1 heterocycles. The van der Waals surface area contributed by atoms with Gasteiger partial charge < -0.3 is 5.11 Å². The lowest BCUT2D eigenvalue weighted by atomic mass is 9.90. The first kappa shape index (κ1) is 15.4. The van der Waals surface area contributed by atoms with Crippen LogP contribution in [0.15, 0.2) is 12.7 Å². The summed E-state index contributed by atoms with van der Waals surface area (Å²) in [6, 6.07) is 0. The molecule has 1 saturated carbocycles. The third-order valence-electron chi connectivity index (χ3n) is 3.62. The molecular formula is C12H18Cl3N3O. The van der Waals surface area contributed by atoms with Crippen molar-refractivity contribution < 1.29 is 5.11 Å². The van der Waals surface area contributed by atoms with Crippen molar-refractivity contribution in [1.82, 2.24) is 14.8 Å². The molecule has 0 aliphatic heterocycles. The molecule has 0 spiro atoms. The van der Waals surface area contributed by atoms with Crippen molar-refractivity contribution >= 4 is 34.8 Å². The van der Waals surface area contributed by atoms with E-state index in [4.69, 9.17) is 34.8 Å². The minimum absolute atomic E-state index is 0.345. The molecular weight excluding hydrogens is 309 g/mol. The van der Waals surface area contributed by atoms with E-state index in [-0.39, 0.29) is 0 Å². The van der Waals surface area contributed by atoms with Gasteiger partial charge in [-0.3, -0.25) is 4.68 Å². The van der Waals surface area contributed by atoms with E-state index in [1.165, 1.54) is 6.33 Å². The summed E-state index contributed by atoms with van der Waals surface area (Å²) in [4.78, 5) is 3.34. The summed E-state index contributed by atoms with van der Waals surface area (Å²) in [5.74, 6) is 0. The van der Waals surface area contributed by atoms with Crippen LogP contribution >= 0.6 is 34.8 Å². The van der Waals surface area contributed by atoms with Crippen molar-refractivity contribution in [2.75, 3.05) is 0 Å². The normalized spacial score (nSPS) is 21.1. The van der Waals surface area contributed by atoms with Crippen LogP contribution < -0.4 is 0 Å². The molecule has 0 radical (unpaired) electrons. The predicted octanol–water partition coefficient (Wildman–Crippen LogP) is 3.14. The van der Waals surface area contributed by atoms with E-state index >= 15 is 0 Å². The fourth-order valence-corrected chi connectivity index (χ4v) is 2.81. The Morgan fingerprint density at radius 2 is 2.05 bits per heavy atom. The zero-order valence-electron chi connectivity index (χ0n) is 10.8. The van der Waals surface area contributed by atoms with Gasteiger partial charge in [-0.25, -0.2) is 4.98 Å². The van der Waals surface area contributed by atoms with Crippen LogP contribution in [0.25, 0.3) is 0 Å². The van der Waals surface area contributed by atoms with Crippen molar-refractivity contribution in [3.63, 3.8) is 0 Å². The molecule has 0 saturated heterocycles. The SMILES string of the molecule is CC(Cl)(Cl)CCC[C@](O)(Cn1cncn1)C1(Cl)CC1. The molecule has 0 aromatic carbocycles. The molecule has 108 valence electrons. The Kier molecular flexibility index (Phi) is 4.36. The van der Waals surface area contributed by atoms with E-state index in [2.05, 4.69) is 10.1 Å². The molecule has 4 nitrogen and oxygen atoms in total. The van der Waals surface area contributed by atoms with Crippen molar-refractivity contribution in [2.24, 2.45) is 0 Å². The Balaban J connectivity index is 1.99.